The molecule has 1 amide bonds. The lowest BCUT2D eigenvalue weighted by Gasteiger charge is -2.40. The van der Waals surface area contributed by atoms with Crippen LogP contribution in [-0.4, -0.2) is 87.5 Å². The minimum Gasteiger partial charge on any atom is -0.394 e. The molecule has 68 heavy (non-hydrogen) atoms. The summed E-state index contributed by atoms with van der Waals surface area (Å²) in [7, 11) is 0. The van der Waals surface area contributed by atoms with Crippen molar-refractivity contribution in [1.82, 2.24) is 5.32 Å². The molecule has 0 aromatic carbocycles. The van der Waals surface area contributed by atoms with Gasteiger partial charge in [-0.3, -0.25) is 4.79 Å². The molecule has 1 fully saturated rings. The van der Waals surface area contributed by atoms with Gasteiger partial charge in [0.05, 0.1) is 25.4 Å². The maximum Gasteiger partial charge on any atom is 0.220 e. The van der Waals surface area contributed by atoms with Crippen molar-refractivity contribution < 1.29 is 39.8 Å². The normalized spacial score (nSPS) is 19.9. The van der Waals surface area contributed by atoms with E-state index in [2.05, 4.69) is 55.6 Å². The minimum absolute atomic E-state index is 0.192. The predicted molar refractivity (Wildman–Crippen MR) is 286 cm³/mol. The number of allylic oxidation sites excluding steroid dienone is 7. The summed E-state index contributed by atoms with van der Waals surface area (Å²) < 4.78 is 11.2. The Kier molecular flexibility index (Phi) is 46.0. The van der Waals surface area contributed by atoms with Gasteiger partial charge in [-0.15, -0.1) is 0 Å². The third kappa shape index (κ3) is 37.9. The molecule has 0 radical (unpaired) electrons. The van der Waals surface area contributed by atoms with Crippen LogP contribution in [0.1, 0.15) is 264 Å². The SMILES string of the molecule is CCCCCCCC/C=C\CCCCCCCCCCCC(=O)NC(COC1OC(CO)C(O)C(O)C1O)C(O)/C=C/CC/C=C/CC/C=C/CCCCCCCCCCCCCCCCCC. The molecule has 0 aromatic heterocycles. The number of aliphatic hydroxyl groups is 5. The Hall–Kier alpha value is -1.85. The number of aliphatic hydroxyl groups excluding tert-OH is 5. The van der Waals surface area contributed by atoms with Crippen molar-refractivity contribution in [3.63, 3.8) is 0 Å². The Labute approximate surface area is 418 Å². The molecule has 0 bridgehead atoms. The Morgan fingerprint density at radius 2 is 0.838 bits per heavy atom. The summed E-state index contributed by atoms with van der Waals surface area (Å²) in [4.78, 5) is 13.0. The number of carbonyl (C=O) groups is 1. The molecule has 6 N–H and O–H groups in total. The molecule has 9 nitrogen and oxygen atoms in total. The number of amides is 1. The van der Waals surface area contributed by atoms with Crippen LogP contribution < -0.4 is 5.32 Å². The Morgan fingerprint density at radius 3 is 1.24 bits per heavy atom. The van der Waals surface area contributed by atoms with E-state index in [1.54, 1.807) is 6.08 Å². The van der Waals surface area contributed by atoms with Crippen LogP contribution in [0.3, 0.4) is 0 Å². The summed E-state index contributed by atoms with van der Waals surface area (Å²) in [6.45, 7) is 3.77. The molecule has 1 aliphatic heterocycles. The van der Waals surface area contributed by atoms with E-state index in [1.807, 2.05) is 6.08 Å². The third-order valence-corrected chi connectivity index (χ3v) is 13.6. The Bertz CT molecular complexity index is 1210. The second-order valence-corrected chi connectivity index (χ2v) is 20.1. The van der Waals surface area contributed by atoms with E-state index in [0.29, 0.717) is 6.42 Å². The van der Waals surface area contributed by atoms with E-state index in [0.717, 1.165) is 44.9 Å². The first-order chi connectivity index (χ1) is 33.3. The third-order valence-electron chi connectivity index (χ3n) is 13.6. The molecule has 9 heteroatoms. The fourth-order valence-corrected chi connectivity index (χ4v) is 9.01. The first-order valence-electron chi connectivity index (χ1n) is 28.9. The highest BCUT2D eigenvalue weighted by molar-refractivity contribution is 5.76. The van der Waals surface area contributed by atoms with Crippen molar-refractivity contribution in [2.45, 2.75) is 307 Å². The van der Waals surface area contributed by atoms with E-state index < -0.39 is 49.5 Å². The summed E-state index contributed by atoms with van der Waals surface area (Å²) in [5.74, 6) is -0.192. The standard InChI is InChI=1S/C59H109NO8/c1-3-5-7-9-11-13-15-17-19-21-23-24-25-26-27-28-29-31-32-34-36-38-40-42-44-46-48-53(62)52(51-67-59-58(66)57(65)56(64)54(50-61)68-59)60-55(63)49-47-45-43-41-39-37-35-33-30-22-20-18-16-14-12-10-8-6-4-2/h18,20,31-32,38,40,46,48,52-54,56-59,61-62,64-66H,3-17,19,21-30,33-37,39,41-45,47,49-51H2,1-2H3,(H,60,63)/b20-18-,32-31+,40-38+,48-46+. The molecule has 1 aliphatic rings. The zero-order valence-corrected chi connectivity index (χ0v) is 44.1. The lowest BCUT2D eigenvalue weighted by molar-refractivity contribution is -0.302. The summed E-state index contributed by atoms with van der Waals surface area (Å²) >= 11 is 0. The molecule has 398 valence electrons. The highest BCUT2D eigenvalue weighted by atomic mass is 16.7. The summed E-state index contributed by atoms with van der Waals surface area (Å²) in [5.41, 5.74) is 0. The zero-order valence-electron chi connectivity index (χ0n) is 44.1. The number of carbonyl (C=O) groups excluding carboxylic acids is 1. The van der Waals surface area contributed by atoms with Crippen LogP contribution in [0.25, 0.3) is 0 Å². The summed E-state index contributed by atoms with van der Waals surface area (Å²) in [6, 6.07) is -0.830. The van der Waals surface area contributed by atoms with E-state index in [9.17, 15) is 30.3 Å². The average Bonchev–Trinajstić information content (AvgIpc) is 3.34. The number of rotatable bonds is 49. The van der Waals surface area contributed by atoms with E-state index in [-0.39, 0.29) is 12.5 Å². The molecular formula is C59H109NO8. The highest BCUT2D eigenvalue weighted by Crippen LogP contribution is 2.23. The quantitative estimate of drug-likeness (QED) is 0.0261. The summed E-state index contributed by atoms with van der Waals surface area (Å²) in [6.07, 6.45) is 57.5. The molecule has 0 aliphatic carbocycles. The van der Waals surface area contributed by atoms with Gasteiger partial charge in [0.25, 0.3) is 0 Å². The molecular weight excluding hydrogens is 851 g/mol. The van der Waals surface area contributed by atoms with Crippen molar-refractivity contribution in [2.24, 2.45) is 0 Å². The van der Waals surface area contributed by atoms with Gasteiger partial charge in [0, 0.05) is 6.42 Å². The van der Waals surface area contributed by atoms with Crippen molar-refractivity contribution >= 4 is 5.91 Å². The number of ether oxygens (including phenoxy) is 2. The van der Waals surface area contributed by atoms with E-state index in [4.69, 9.17) is 9.47 Å². The number of nitrogens with one attached hydrogen (secondary N) is 1. The Morgan fingerprint density at radius 1 is 0.485 bits per heavy atom. The van der Waals surface area contributed by atoms with Gasteiger partial charge in [0.2, 0.25) is 5.91 Å². The topological polar surface area (TPSA) is 149 Å². The largest absolute Gasteiger partial charge is 0.394 e. The monoisotopic (exact) mass is 960 g/mol. The van der Waals surface area contributed by atoms with Crippen LogP contribution in [0, 0.1) is 0 Å². The molecule has 1 saturated heterocycles. The molecule has 0 spiro atoms. The van der Waals surface area contributed by atoms with Crippen molar-refractivity contribution in [1.29, 1.82) is 0 Å². The lowest BCUT2D eigenvalue weighted by Crippen LogP contribution is -2.60. The van der Waals surface area contributed by atoms with E-state index >= 15 is 0 Å². The van der Waals surface area contributed by atoms with Crippen molar-refractivity contribution in [3.8, 4) is 0 Å². The van der Waals surface area contributed by atoms with Crippen molar-refractivity contribution in [2.75, 3.05) is 13.2 Å². The maximum absolute atomic E-state index is 13.0. The first kappa shape index (κ1) is 64.2. The minimum atomic E-state index is -1.58. The van der Waals surface area contributed by atoms with Crippen LogP contribution in [0.15, 0.2) is 48.6 Å². The first-order valence-corrected chi connectivity index (χ1v) is 28.9. The van der Waals surface area contributed by atoms with Crippen LogP contribution in [0.4, 0.5) is 0 Å². The summed E-state index contributed by atoms with van der Waals surface area (Å²) in [5, 5.41) is 54.5. The highest BCUT2D eigenvalue weighted by Gasteiger charge is 2.44. The molecule has 1 rings (SSSR count). The number of hydrogen-bond donors (Lipinski definition) is 6. The molecule has 0 aromatic rings. The maximum atomic E-state index is 13.0. The van der Waals surface area contributed by atoms with Gasteiger partial charge in [-0.05, 0) is 70.6 Å². The molecule has 1 heterocycles. The second kappa shape index (κ2) is 48.8. The number of unbranched alkanes of at least 4 members (excludes halogenated alkanes) is 33. The van der Waals surface area contributed by atoms with Crippen LogP contribution >= 0.6 is 0 Å². The van der Waals surface area contributed by atoms with Gasteiger partial charge >= 0.3 is 0 Å². The van der Waals surface area contributed by atoms with Crippen LogP contribution in [-0.2, 0) is 14.3 Å². The van der Waals surface area contributed by atoms with Crippen LogP contribution in [0.5, 0.6) is 0 Å². The fraction of sp³-hybridized carbons (Fsp3) is 0.847. The predicted octanol–water partition coefficient (Wildman–Crippen LogP) is 14.1. The van der Waals surface area contributed by atoms with Gasteiger partial charge in [-0.25, -0.2) is 0 Å². The van der Waals surface area contributed by atoms with E-state index in [1.165, 1.54) is 199 Å². The van der Waals surface area contributed by atoms with Crippen LogP contribution in [0.2, 0.25) is 0 Å². The molecule has 7 atom stereocenters. The smallest absolute Gasteiger partial charge is 0.220 e. The molecule has 0 saturated carbocycles. The van der Waals surface area contributed by atoms with Gasteiger partial charge in [-0.1, -0.05) is 236 Å². The second-order valence-electron chi connectivity index (χ2n) is 20.1. The fourth-order valence-electron chi connectivity index (χ4n) is 9.01. The zero-order chi connectivity index (χ0) is 49.4. The average molecular weight is 961 g/mol. The van der Waals surface area contributed by atoms with Gasteiger partial charge < -0.3 is 40.3 Å². The number of hydrogen-bond acceptors (Lipinski definition) is 8. The lowest BCUT2D eigenvalue weighted by atomic mass is 9.99. The van der Waals surface area contributed by atoms with Gasteiger partial charge in [0.1, 0.15) is 24.4 Å². The molecule has 7 unspecified atom stereocenters. The van der Waals surface area contributed by atoms with Gasteiger partial charge in [0.15, 0.2) is 6.29 Å². The Balaban J connectivity index is 2.27. The van der Waals surface area contributed by atoms with Gasteiger partial charge in [-0.2, -0.15) is 0 Å². The van der Waals surface area contributed by atoms with Crippen molar-refractivity contribution in [3.05, 3.63) is 48.6 Å².